The molecule has 49 heavy (non-hydrogen) atoms. The van der Waals surface area contributed by atoms with Crippen LogP contribution in [0.3, 0.4) is 0 Å². The average molecular weight is 663 g/mol. The van der Waals surface area contributed by atoms with Crippen molar-refractivity contribution in [2.75, 3.05) is 19.0 Å². The molecule has 1 aliphatic carbocycles. The Morgan fingerprint density at radius 2 is 1.73 bits per heavy atom. The summed E-state index contributed by atoms with van der Waals surface area (Å²) in [4.78, 5) is 47.3. The van der Waals surface area contributed by atoms with Crippen molar-refractivity contribution >= 4 is 34.4 Å². The van der Waals surface area contributed by atoms with Crippen LogP contribution in [0.5, 0.6) is 11.5 Å². The highest BCUT2D eigenvalue weighted by atomic mass is 16.5. The molecular weight excluding hydrogens is 620 g/mol. The summed E-state index contributed by atoms with van der Waals surface area (Å²) >= 11 is 0. The number of likely N-dealkylation sites (tertiary alicyclic amines) is 1. The Kier molecular flexibility index (Phi) is 9.07. The maximum absolute atomic E-state index is 14.5. The third kappa shape index (κ3) is 6.81. The smallest absolute Gasteiger partial charge is 0.330 e. The number of amides is 2. The van der Waals surface area contributed by atoms with Crippen LogP contribution < -0.4 is 20.1 Å². The minimum atomic E-state index is -1.44. The van der Waals surface area contributed by atoms with Gasteiger partial charge in [-0.3, -0.25) is 9.59 Å². The molecule has 1 unspecified atom stereocenters. The number of fused-ring (bicyclic) bond motifs is 1. The lowest BCUT2D eigenvalue weighted by Gasteiger charge is -2.36. The Hall–Kier alpha value is -5.38. The second-order valence-electron chi connectivity index (χ2n) is 13.9. The number of para-hydroxylation sites is 1. The highest BCUT2D eigenvalue weighted by Crippen LogP contribution is 2.45. The van der Waals surface area contributed by atoms with Gasteiger partial charge in [0.15, 0.2) is 0 Å². The Morgan fingerprint density at radius 3 is 2.35 bits per heavy atom. The van der Waals surface area contributed by atoms with E-state index in [1.165, 1.54) is 4.90 Å². The topological polar surface area (TPSA) is 130 Å². The zero-order chi connectivity index (χ0) is 34.9. The average Bonchev–Trinajstić information content (AvgIpc) is 3.66. The van der Waals surface area contributed by atoms with E-state index in [0.29, 0.717) is 22.7 Å². The van der Waals surface area contributed by atoms with E-state index in [-0.39, 0.29) is 25.3 Å². The number of aromatic nitrogens is 1. The van der Waals surface area contributed by atoms with Crippen LogP contribution in [0.25, 0.3) is 22.2 Å². The molecule has 10 nitrogen and oxygen atoms in total. The van der Waals surface area contributed by atoms with Gasteiger partial charge < -0.3 is 30.1 Å². The van der Waals surface area contributed by atoms with E-state index in [9.17, 15) is 19.5 Å². The molecule has 10 heteroatoms. The number of anilines is 1. The van der Waals surface area contributed by atoms with E-state index >= 15 is 0 Å². The van der Waals surface area contributed by atoms with Gasteiger partial charge in [0.05, 0.1) is 24.9 Å². The first-order valence-corrected chi connectivity index (χ1v) is 16.4. The molecule has 3 N–H and O–H groups in total. The van der Waals surface area contributed by atoms with Crippen LogP contribution in [0, 0.1) is 11.3 Å². The highest BCUT2D eigenvalue weighted by Gasteiger charge is 2.61. The number of carbonyl (C=O) groups is 3. The SMILES string of the molecule is C=C[C@H]1CC1(NC(=O)[C@@H]1C[C@@H](Oc2cc(-c3ccccc3)nc3cc(OC)ccc23)CN1C(=O)[C@@H](Nc1ccccc1)C(C)(C)C)C(=O)O. The minimum Gasteiger partial charge on any atom is -0.497 e. The van der Waals surface area contributed by atoms with E-state index in [1.807, 2.05) is 106 Å². The van der Waals surface area contributed by atoms with Gasteiger partial charge in [-0.15, -0.1) is 6.58 Å². The molecule has 6 rings (SSSR count). The Bertz CT molecular complexity index is 1880. The molecule has 0 bridgehead atoms. The number of hydrogen-bond acceptors (Lipinski definition) is 7. The van der Waals surface area contributed by atoms with Gasteiger partial charge in [0.1, 0.15) is 35.2 Å². The second kappa shape index (κ2) is 13.3. The Labute approximate surface area is 286 Å². The lowest BCUT2D eigenvalue weighted by Crippen LogP contribution is -2.56. The first kappa shape index (κ1) is 33.5. The van der Waals surface area contributed by atoms with Gasteiger partial charge >= 0.3 is 5.97 Å². The molecule has 2 amide bonds. The highest BCUT2D eigenvalue weighted by molar-refractivity contribution is 5.96. The van der Waals surface area contributed by atoms with Crippen molar-refractivity contribution < 1.29 is 29.0 Å². The molecule has 5 atom stereocenters. The molecule has 2 fully saturated rings. The van der Waals surface area contributed by atoms with Crippen molar-refractivity contribution in [3.05, 3.63) is 97.6 Å². The van der Waals surface area contributed by atoms with Crippen molar-refractivity contribution in [2.45, 2.75) is 57.3 Å². The third-order valence-electron chi connectivity index (χ3n) is 9.42. The number of hydrogen-bond donors (Lipinski definition) is 3. The maximum Gasteiger partial charge on any atom is 0.330 e. The number of nitrogens with zero attached hydrogens (tertiary/aromatic N) is 2. The van der Waals surface area contributed by atoms with Gasteiger partial charge in [-0.1, -0.05) is 75.4 Å². The summed E-state index contributed by atoms with van der Waals surface area (Å²) in [6.45, 7) is 9.75. The molecule has 4 aromatic rings. The van der Waals surface area contributed by atoms with Crippen LogP contribution in [0.2, 0.25) is 0 Å². The summed E-state index contributed by atoms with van der Waals surface area (Å²) in [5.41, 5.74) is 1.06. The van der Waals surface area contributed by atoms with Crippen molar-refractivity contribution in [2.24, 2.45) is 11.3 Å². The molecule has 1 aromatic heterocycles. The number of pyridine rings is 1. The van der Waals surface area contributed by atoms with E-state index in [0.717, 1.165) is 16.6 Å². The summed E-state index contributed by atoms with van der Waals surface area (Å²) in [5.74, 6) is -1.14. The number of nitrogens with one attached hydrogen (secondary N) is 2. The van der Waals surface area contributed by atoms with E-state index in [2.05, 4.69) is 17.2 Å². The van der Waals surface area contributed by atoms with Crippen LogP contribution in [-0.4, -0.2) is 70.2 Å². The molecule has 3 aromatic carbocycles. The number of methoxy groups -OCH3 is 1. The monoisotopic (exact) mass is 662 g/mol. The molecule has 1 aliphatic heterocycles. The predicted molar refractivity (Wildman–Crippen MR) is 188 cm³/mol. The van der Waals surface area contributed by atoms with E-state index < -0.39 is 46.9 Å². The summed E-state index contributed by atoms with van der Waals surface area (Å²) in [6.07, 6.45) is 1.37. The fraction of sp³-hybridized carbons (Fsp3) is 0.333. The first-order valence-electron chi connectivity index (χ1n) is 16.4. The number of aliphatic carboxylic acids is 1. The van der Waals surface area contributed by atoms with Crippen molar-refractivity contribution in [3.8, 4) is 22.8 Å². The van der Waals surface area contributed by atoms with Crippen molar-refractivity contribution in [1.82, 2.24) is 15.2 Å². The molecule has 2 heterocycles. The number of benzene rings is 3. The fourth-order valence-corrected chi connectivity index (χ4v) is 6.55. The molecule has 2 aliphatic rings. The Balaban J connectivity index is 1.36. The lowest BCUT2D eigenvalue weighted by atomic mass is 9.85. The van der Waals surface area contributed by atoms with Crippen LogP contribution >= 0.6 is 0 Å². The molecule has 0 spiro atoms. The largest absolute Gasteiger partial charge is 0.497 e. The first-order chi connectivity index (χ1) is 23.4. The molecule has 254 valence electrons. The van der Waals surface area contributed by atoms with Gasteiger partial charge in [0.25, 0.3) is 0 Å². The van der Waals surface area contributed by atoms with E-state index in [4.69, 9.17) is 14.5 Å². The molecule has 1 saturated carbocycles. The van der Waals surface area contributed by atoms with Crippen LogP contribution in [0.1, 0.15) is 33.6 Å². The minimum absolute atomic E-state index is 0.117. The molecule has 1 saturated heterocycles. The summed E-state index contributed by atoms with van der Waals surface area (Å²) in [5, 5.41) is 17.0. The van der Waals surface area contributed by atoms with Gasteiger partial charge in [-0.25, -0.2) is 9.78 Å². The number of rotatable bonds is 11. The number of carboxylic acid groups (broad SMARTS) is 1. The zero-order valence-corrected chi connectivity index (χ0v) is 28.2. The van der Waals surface area contributed by atoms with Crippen LogP contribution in [0.4, 0.5) is 5.69 Å². The second-order valence-corrected chi connectivity index (χ2v) is 13.9. The standard InChI is InChI=1S/C39H42N4O6/c1-6-25-22-39(25,37(46)47)42-35(44)32-20-28(23-43(32)36(45)34(38(2,3)4)40-26-15-11-8-12-16-26)49-33-21-30(24-13-9-7-10-14-24)41-31-19-27(48-5)17-18-29(31)33/h6-19,21,25,28,32,34,40H,1,20,22-23H2,2-5H3,(H,42,44)(H,46,47)/t25-,28+,32-,34+,39?/m0/s1. The number of carbonyl (C=O) groups excluding carboxylic acids is 2. The van der Waals surface area contributed by atoms with Crippen molar-refractivity contribution in [3.63, 3.8) is 0 Å². The summed E-state index contributed by atoms with van der Waals surface area (Å²) in [7, 11) is 1.60. The van der Waals surface area contributed by atoms with Crippen molar-refractivity contribution in [1.29, 1.82) is 0 Å². The lowest BCUT2D eigenvalue weighted by molar-refractivity contribution is -0.145. The van der Waals surface area contributed by atoms with Crippen LogP contribution in [-0.2, 0) is 14.4 Å². The normalized spacial score (nSPS) is 22.2. The van der Waals surface area contributed by atoms with Gasteiger partial charge in [0, 0.05) is 41.1 Å². The van der Waals surface area contributed by atoms with E-state index in [1.54, 1.807) is 13.2 Å². The third-order valence-corrected chi connectivity index (χ3v) is 9.42. The van der Waals surface area contributed by atoms with Gasteiger partial charge in [-0.2, -0.15) is 0 Å². The maximum atomic E-state index is 14.5. The predicted octanol–water partition coefficient (Wildman–Crippen LogP) is 5.93. The molecular formula is C39H42N4O6. The molecule has 0 radical (unpaired) electrons. The fourth-order valence-electron chi connectivity index (χ4n) is 6.55. The Morgan fingerprint density at radius 1 is 1.04 bits per heavy atom. The van der Waals surface area contributed by atoms with Gasteiger partial charge in [0.2, 0.25) is 11.8 Å². The van der Waals surface area contributed by atoms with Crippen LogP contribution in [0.15, 0.2) is 97.6 Å². The number of ether oxygens (including phenoxy) is 2. The number of carboxylic acids is 1. The van der Waals surface area contributed by atoms with Gasteiger partial charge in [-0.05, 0) is 36.1 Å². The quantitative estimate of drug-likeness (QED) is 0.169. The summed E-state index contributed by atoms with van der Waals surface area (Å²) < 4.78 is 12.2. The zero-order valence-electron chi connectivity index (χ0n) is 28.2. The summed E-state index contributed by atoms with van der Waals surface area (Å²) in [6, 6.07) is 25.0.